The standard InChI is InChI=1S/C16H17ClN4O3S/c1-4-9-21-13(11-5-7-12(17)8-6-11)19-20-15(21)25-10(2)14(22)18-16(23)24-3/h4-8,10H,1,9H2,2-3H3,(H,18,22,23)/t10-/m1/s1. The van der Waals surface area contributed by atoms with E-state index in [0.29, 0.717) is 22.5 Å². The van der Waals surface area contributed by atoms with Crippen molar-refractivity contribution in [1.82, 2.24) is 20.1 Å². The van der Waals surface area contributed by atoms with Crippen LogP contribution >= 0.6 is 23.4 Å². The van der Waals surface area contributed by atoms with Gasteiger partial charge in [-0.2, -0.15) is 0 Å². The van der Waals surface area contributed by atoms with Gasteiger partial charge in [0.1, 0.15) is 0 Å². The number of carbonyl (C=O) groups is 2. The maximum atomic E-state index is 12.0. The summed E-state index contributed by atoms with van der Waals surface area (Å²) in [4.78, 5) is 23.1. The van der Waals surface area contributed by atoms with Gasteiger partial charge in [0.2, 0.25) is 5.91 Å². The predicted octanol–water partition coefficient (Wildman–Crippen LogP) is 3.15. The van der Waals surface area contributed by atoms with Gasteiger partial charge in [-0.1, -0.05) is 29.4 Å². The first kappa shape index (κ1) is 19.0. The van der Waals surface area contributed by atoms with E-state index >= 15 is 0 Å². The number of carbonyl (C=O) groups excluding carboxylic acids is 2. The molecule has 0 aliphatic carbocycles. The molecule has 2 amide bonds. The topological polar surface area (TPSA) is 86.1 Å². The quantitative estimate of drug-likeness (QED) is 0.612. The van der Waals surface area contributed by atoms with E-state index in [-0.39, 0.29) is 0 Å². The van der Waals surface area contributed by atoms with E-state index in [1.807, 2.05) is 16.7 Å². The summed E-state index contributed by atoms with van der Waals surface area (Å²) in [5.41, 5.74) is 0.845. The second-order valence-corrected chi connectivity index (χ2v) is 6.70. The van der Waals surface area contributed by atoms with Gasteiger partial charge in [-0.15, -0.1) is 16.8 Å². The van der Waals surface area contributed by atoms with Gasteiger partial charge in [-0.25, -0.2) is 4.79 Å². The highest BCUT2D eigenvalue weighted by atomic mass is 35.5. The number of halogens is 1. The molecule has 2 rings (SSSR count). The fourth-order valence-electron chi connectivity index (χ4n) is 1.95. The summed E-state index contributed by atoms with van der Waals surface area (Å²) in [5.74, 6) is 0.165. The van der Waals surface area contributed by atoms with Crippen molar-refractivity contribution in [3.05, 3.63) is 41.9 Å². The summed E-state index contributed by atoms with van der Waals surface area (Å²) in [6.07, 6.45) is 0.915. The average Bonchev–Trinajstić information content (AvgIpc) is 2.98. The molecule has 1 aromatic carbocycles. The SMILES string of the molecule is C=CCn1c(S[C@H](C)C(=O)NC(=O)OC)nnc1-c1ccc(Cl)cc1. The molecule has 1 atom stereocenters. The molecule has 9 heteroatoms. The summed E-state index contributed by atoms with van der Waals surface area (Å²) in [7, 11) is 1.19. The summed E-state index contributed by atoms with van der Waals surface area (Å²) in [6.45, 7) is 5.88. The predicted molar refractivity (Wildman–Crippen MR) is 96.5 cm³/mol. The Kier molecular flexibility index (Phi) is 6.60. The molecule has 0 saturated heterocycles. The van der Waals surface area contributed by atoms with Crippen LogP contribution in [-0.4, -0.2) is 39.1 Å². The zero-order valence-corrected chi connectivity index (χ0v) is 15.3. The second-order valence-electron chi connectivity index (χ2n) is 4.95. The second kappa shape index (κ2) is 8.68. The number of rotatable bonds is 6. The number of nitrogens with one attached hydrogen (secondary N) is 1. The Morgan fingerprint density at radius 1 is 1.40 bits per heavy atom. The fourth-order valence-corrected chi connectivity index (χ4v) is 2.93. The first-order chi connectivity index (χ1) is 12.0. The largest absolute Gasteiger partial charge is 0.453 e. The third-order valence-electron chi connectivity index (χ3n) is 3.19. The number of methoxy groups -OCH3 is 1. The molecular formula is C16H17ClN4O3S. The van der Waals surface area contributed by atoms with E-state index < -0.39 is 17.3 Å². The van der Waals surface area contributed by atoms with Gasteiger partial charge < -0.3 is 4.74 Å². The number of hydrogen-bond acceptors (Lipinski definition) is 6. The molecule has 0 bridgehead atoms. The van der Waals surface area contributed by atoms with Crippen molar-refractivity contribution in [2.24, 2.45) is 0 Å². The normalized spacial score (nSPS) is 11.6. The zero-order valence-electron chi connectivity index (χ0n) is 13.7. The van der Waals surface area contributed by atoms with Gasteiger partial charge in [0.15, 0.2) is 11.0 Å². The van der Waals surface area contributed by atoms with E-state index in [1.54, 1.807) is 25.1 Å². The van der Waals surface area contributed by atoms with Gasteiger partial charge in [0.25, 0.3) is 0 Å². The lowest BCUT2D eigenvalue weighted by molar-refractivity contribution is -0.119. The minimum Gasteiger partial charge on any atom is -0.453 e. The Balaban J connectivity index is 2.23. The van der Waals surface area contributed by atoms with Crippen LogP contribution in [0.4, 0.5) is 4.79 Å². The Morgan fingerprint density at radius 3 is 2.68 bits per heavy atom. The van der Waals surface area contributed by atoms with Crippen molar-refractivity contribution in [3.63, 3.8) is 0 Å². The van der Waals surface area contributed by atoms with Crippen LogP contribution < -0.4 is 5.32 Å². The van der Waals surface area contributed by atoms with E-state index in [9.17, 15) is 9.59 Å². The van der Waals surface area contributed by atoms with Gasteiger partial charge in [0, 0.05) is 17.1 Å². The minimum absolute atomic E-state index is 0.471. The highest BCUT2D eigenvalue weighted by molar-refractivity contribution is 8.00. The molecule has 2 aromatic rings. The van der Waals surface area contributed by atoms with Crippen molar-refractivity contribution >= 4 is 35.4 Å². The van der Waals surface area contributed by atoms with Crippen LogP contribution in [0.15, 0.2) is 42.1 Å². The maximum absolute atomic E-state index is 12.0. The van der Waals surface area contributed by atoms with Crippen molar-refractivity contribution in [3.8, 4) is 11.4 Å². The monoisotopic (exact) mass is 380 g/mol. The third kappa shape index (κ3) is 4.83. The Bertz CT molecular complexity index is 776. The molecule has 0 fully saturated rings. The number of amides is 2. The molecule has 0 unspecified atom stereocenters. The smallest absolute Gasteiger partial charge is 0.413 e. The van der Waals surface area contributed by atoms with Crippen LogP contribution in [0.5, 0.6) is 0 Å². The van der Waals surface area contributed by atoms with Gasteiger partial charge in [-0.3, -0.25) is 14.7 Å². The number of aromatic nitrogens is 3. The number of ether oxygens (including phenoxy) is 1. The molecule has 0 radical (unpaired) electrons. The Hall–Kier alpha value is -2.32. The molecule has 7 nitrogen and oxygen atoms in total. The van der Waals surface area contributed by atoms with Crippen LogP contribution in [-0.2, 0) is 16.1 Å². The highest BCUT2D eigenvalue weighted by Crippen LogP contribution is 2.27. The van der Waals surface area contributed by atoms with E-state index in [0.717, 1.165) is 5.56 Å². The molecule has 0 aliphatic heterocycles. The van der Waals surface area contributed by atoms with Crippen molar-refractivity contribution in [1.29, 1.82) is 0 Å². The average molecular weight is 381 g/mol. The lowest BCUT2D eigenvalue weighted by Crippen LogP contribution is -2.36. The summed E-state index contributed by atoms with van der Waals surface area (Å²) >= 11 is 7.10. The highest BCUT2D eigenvalue weighted by Gasteiger charge is 2.22. The number of thioether (sulfide) groups is 1. The van der Waals surface area contributed by atoms with Gasteiger partial charge in [-0.05, 0) is 31.2 Å². The fraction of sp³-hybridized carbons (Fsp3) is 0.250. The molecular weight excluding hydrogens is 364 g/mol. The summed E-state index contributed by atoms with van der Waals surface area (Å²) < 4.78 is 6.25. The first-order valence-electron chi connectivity index (χ1n) is 7.31. The molecule has 0 aliphatic rings. The first-order valence-corrected chi connectivity index (χ1v) is 8.57. The molecule has 1 N–H and O–H groups in total. The molecule has 132 valence electrons. The maximum Gasteiger partial charge on any atom is 0.413 e. The third-order valence-corrected chi connectivity index (χ3v) is 4.53. The van der Waals surface area contributed by atoms with Crippen LogP contribution in [0.25, 0.3) is 11.4 Å². The van der Waals surface area contributed by atoms with Crippen LogP contribution in [0.2, 0.25) is 5.02 Å². The lowest BCUT2D eigenvalue weighted by atomic mass is 10.2. The molecule has 1 aromatic heterocycles. The van der Waals surface area contributed by atoms with E-state index in [4.69, 9.17) is 11.6 Å². The van der Waals surface area contributed by atoms with Gasteiger partial charge >= 0.3 is 6.09 Å². The van der Waals surface area contributed by atoms with E-state index in [2.05, 4.69) is 26.8 Å². The van der Waals surface area contributed by atoms with Crippen molar-refractivity contribution in [2.75, 3.05) is 7.11 Å². The lowest BCUT2D eigenvalue weighted by Gasteiger charge is -2.12. The summed E-state index contributed by atoms with van der Waals surface area (Å²) in [6, 6.07) is 7.22. The Morgan fingerprint density at radius 2 is 2.08 bits per heavy atom. The molecule has 0 spiro atoms. The van der Waals surface area contributed by atoms with Crippen LogP contribution in [0.3, 0.4) is 0 Å². The van der Waals surface area contributed by atoms with Crippen molar-refractivity contribution < 1.29 is 14.3 Å². The number of alkyl carbamates (subject to hydrolysis) is 1. The van der Waals surface area contributed by atoms with Crippen molar-refractivity contribution in [2.45, 2.75) is 23.9 Å². The number of nitrogens with zero attached hydrogens (tertiary/aromatic N) is 3. The minimum atomic E-state index is -0.799. The van der Waals surface area contributed by atoms with Crippen LogP contribution in [0.1, 0.15) is 6.92 Å². The number of allylic oxidation sites excluding steroid dienone is 1. The van der Waals surface area contributed by atoms with Gasteiger partial charge in [0.05, 0.1) is 12.4 Å². The molecule has 1 heterocycles. The molecule has 25 heavy (non-hydrogen) atoms. The number of hydrogen-bond donors (Lipinski definition) is 1. The van der Waals surface area contributed by atoms with Crippen LogP contribution in [0, 0.1) is 0 Å². The van der Waals surface area contributed by atoms with E-state index in [1.165, 1.54) is 18.9 Å². The summed E-state index contributed by atoms with van der Waals surface area (Å²) in [5, 5.41) is 11.1. The number of benzene rings is 1. The number of imide groups is 1. The molecule has 0 saturated carbocycles. The zero-order chi connectivity index (χ0) is 18.4. The Labute approximate surface area is 154 Å².